The number of benzene rings is 8. The number of hydrogen-bond acceptors (Lipinski definition) is 3. The monoisotopic (exact) mass is 674 g/mol. The van der Waals surface area contributed by atoms with E-state index in [2.05, 4.69) is 161 Å². The van der Waals surface area contributed by atoms with Gasteiger partial charge in [-0.15, -0.1) is 0 Å². The molecule has 0 fully saturated rings. The molecule has 0 aliphatic carbocycles. The van der Waals surface area contributed by atoms with Crippen LogP contribution in [0.2, 0.25) is 0 Å². The van der Waals surface area contributed by atoms with Gasteiger partial charge in [-0.25, -0.2) is 9.97 Å². The minimum atomic E-state index is 0.770. The Bertz CT molecular complexity index is 3680. The SMILES string of the molecule is c1ccc(-c2nc3c(ccc4ccccc43)nc2-n2c3cccc4c5cccc6c7ccccc7n(c7cc8c9ccccc9oc8c2c7c43)c56)cc1. The van der Waals surface area contributed by atoms with Crippen LogP contribution in [0.15, 0.2) is 162 Å². The molecule has 0 spiro atoms. The summed E-state index contributed by atoms with van der Waals surface area (Å²) in [4.78, 5) is 11.1. The Balaban J connectivity index is 1.35. The van der Waals surface area contributed by atoms with Crippen LogP contribution < -0.4 is 0 Å². The first-order valence-corrected chi connectivity index (χ1v) is 18.0. The van der Waals surface area contributed by atoms with Gasteiger partial charge in [-0.2, -0.15) is 0 Å². The van der Waals surface area contributed by atoms with Gasteiger partial charge in [0.05, 0.1) is 33.1 Å². The van der Waals surface area contributed by atoms with Crippen molar-refractivity contribution in [1.82, 2.24) is 18.9 Å². The van der Waals surface area contributed by atoms with E-state index < -0.39 is 0 Å². The summed E-state index contributed by atoms with van der Waals surface area (Å²) < 4.78 is 11.8. The number of para-hydroxylation sites is 3. The van der Waals surface area contributed by atoms with E-state index in [-0.39, 0.29) is 0 Å². The lowest BCUT2D eigenvalue weighted by Gasteiger charge is -2.15. The second-order valence-electron chi connectivity index (χ2n) is 14.1. The summed E-state index contributed by atoms with van der Waals surface area (Å²) >= 11 is 0. The molecule has 0 saturated carbocycles. The first kappa shape index (κ1) is 27.5. The molecule has 53 heavy (non-hydrogen) atoms. The Hall–Kier alpha value is -7.24. The van der Waals surface area contributed by atoms with Crippen molar-refractivity contribution in [3.05, 3.63) is 158 Å². The number of furan rings is 1. The van der Waals surface area contributed by atoms with Crippen molar-refractivity contribution in [2.75, 3.05) is 0 Å². The third-order valence-corrected chi connectivity index (χ3v) is 11.4. The summed E-state index contributed by atoms with van der Waals surface area (Å²) in [5.41, 5.74) is 10.8. The van der Waals surface area contributed by atoms with E-state index in [1.54, 1.807) is 0 Å². The van der Waals surface area contributed by atoms with Gasteiger partial charge in [0.1, 0.15) is 16.8 Å². The van der Waals surface area contributed by atoms with E-state index in [0.717, 1.165) is 82.8 Å². The highest BCUT2D eigenvalue weighted by molar-refractivity contribution is 6.35. The van der Waals surface area contributed by atoms with Crippen LogP contribution in [-0.4, -0.2) is 18.9 Å². The van der Waals surface area contributed by atoms with Crippen molar-refractivity contribution in [3.63, 3.8) is 0 Å². The van der Waals surface area contributed by atoms with Gasteiger partial charge < -0.3 is 8.82 Å². The van der Waals surface area contributed by atoms with Crippen LogP contribution >= 0.6 is 0 Å². The van der Waals surface area contributed by atoms with Gasteiger partial charge in [0.25, 0.3) is 0 Å². The van der Waals surface area contributed by atoms with Crippen molar-refractivity contribution in [1.29, 1.82) is 0 Å². The fraction of sp³-hybridized carbons (Fsp3) is 0. The van der Waals surface area contributed by atoms with E-state index in [1.807, 2.05) is 6.07 Å². The zero-order valence-electron chi connectivity index (χ0n) is 28.2. The topological polar surface area (TPSA) is 48.3 Å². The van der Waals surface area contributed by atoms with Gasteiger partial charge in [-0.1, -0.05) is 127 Å². The van der Waals surface area contributed by atoms with Crippen molar-refractivity contribution in [3.8, 4) is 17.1 Å². The molecule has 0 amide bonds. The molecule has 5 nitrogen and oxygen atoms in total. The van der Waals surface area contributed by atoms with Crippen LogP contribution in [0.25, 0.3) is 121 Å². The van der Waals surface area contributed by atoms with Gasteiger partial charge in [0.2, 0.25) is 0 Å². The summed E-state index contributed by atoms with van der Waals surface area (Å²) in [5, 5.41) is 11.6. The number of aromatic nitrogens is 4. The molecule has 0 aliphatic heterocycles. The largest absolute Gasteiger partial charge is 0.454 e. The second-order valence-corrected chi connectivity index (χ2v) is 14.1. The summed E-state index contributed by atoms with van der Waals surface area (Å²) in [6.45, 7) is 0. The highest BCUT2D eigenvalue weighted by Crippen LogP contribution is 2.48. The maximum atomic E-state index is 6.95. The van der Waals surface area contributed by atoms with Crippen molar-refractivity contribution in [2.45, 2.75) is 0 Å². The van der Waals surface area contributed by atoms with Crippen LogP contribution in [0.3, 0.4) is 0 Å². The minimum Gasteiger partial charge on any atom is -0.454 e. The Labute approximate surface area is 300 Å². The lowest BCUT2D eigenvalue weighted by atomic mass is 10.0. The molecule has 13 rings (SSSR count). The quantitative estimate of drug-likeness (QED) is 0.172. The molecule has 0 saturated heterocycles. The highest BCUT2D eigenvalue weighted by atomic mass is 16.3. The van der Waals surface area contributed by atoms with Gasteiger partial charge in [0.15, 0.2) is 11.4 Å². The molecule has 0 atom stereocenters. The molecular weight excluding hydrogens is 649 g/mol. The molecule has 13 aromatic rings. The Morgan fingerprint density at radius 2 is 1.15 bits per heavy atom. The molecule has 0 N–H and O–H groups in total. The van der Waals surface area contributed by atoms with E-state index in [1.165, 1.54) is 38.0 Å². The average molecular weight is 675 g/mol. The Morgan fingerprint density at radius 3 is 2.06 bits per heavy atom. The summed E-state index contributed by atoms with van der Waals surface area (Å²) in [6.07, 6.45) is 0. The molecule has 5 heteroatoms. The predicted octanol–water partition coefficient (Wildman–Crippen LogP) is 12.6. The normalized spacial score (nSPS) is 12.5. The summed E-state index contributed by atoms with van der Waals surface area (Å²) in [6, 6.07) is 56.1. The molecule has 0 radical (unpaired) electrons. The fourth-order valence-electron chi connectivity index (χ4n) is 9.23. The average Bonchev–Trinajstić information content (AvgIpc) is 3.85. The van der Waals surface area contributed by atoms with Gasteiger partial charge >= 0.3 is 0 Å². The van der Waals surface area contributed by atoms with Crippen LogP contribution in [0.4, 0.5) is 0 Å². The first-order chi connectivity index (χ1) is 26.3. The van der Waals surface area contributed by atoms with Crippen LogP contribution in [-0.2, 0) is 0 Å². The molecule has 8 aromatic carbocycles. The molecule has 0 aliphatic rings. The van der Waals surface area contributed by atoms with E-state index in [0.29, 0.717) is 0 Å². The van der Waals surface area contributed by atoms with E-state index in [9.17, 15) is 0 Å². The number of hydrogen-bond donors (Lipinski definition) is 0. The van der Waals surface area contributed by atoms with E-state index >= 15 is 0 Å². The standard InChI is InChI=1S/C48H26N4O/c1-2-13-28(14-3-1)43-48(49-36-25-24-27-12-4-5-15-29(27)44(36)50-43)52-38-22-11-18-32-34-20-10-19-33-30-16-6-8-21-37(30)51(45(33)34)39-26-35-31-17-7-9-23-40(31)53-47(35)46(52)42(39)41(32)38/h1-26H. The molecular formula is C48H26N4O. The summed E-state index contributed by atoms with van der Waals surface area (Å²) in [5.74, 6) is 0.770. The van der Waals surface area contributed by atoms with Crippen LogP contribution in [0.1, 0.15) is 0 Å². The Morgan fingerprint density at radius 1 is 0.453 bits per heavy atom. The number of nitrogens with zero attached hydrogens (tertiary/aromatic N) is 4. The molecule has 0 unspecified atom stereocenters. The molecule has 5 heterocycles. The molecule has 5 aromatic heterocycles. The van der Waals surface area contributed by atoms with Crippen molar-refractivity contribution >= 4 is 104 Å². The zero-order valence-corrected chi connectivity index (χ0v) is 28.2. The third kappa shape index (κ3) is 3.42. The number of fused-ring (bicyclic) bond motifs is 12. The van der Waals surface area contributed by atoms with Crippen LogP contribution in [0, 0.1) is 0 Å². The maximum absolute atomic E-state index is 6.95. The number of rotatable bonds is 2. The lowest BCUT2D eigenvalue weighted by molar-refractivity contribution is 0.671. The summed E-state index contributed by atoms with van der Waals surface area (Å²) in [7, 11) is 0. The predicted molar refractivity (Wildman–Crippen MR) is 219 cm³/mol. The first-order valence-electron chi connectivity index (χ1n) is 18.0. The second kappa shape index (κ2) is 9.75. The maximum Gasteiger partial charge on any atom is 0.165 e. The lowest BCUT2D eigenvalue weighted by Crippen LogP contribution is -2.04. The minimum absolute atomic E-state index is 0.770. The highest BCUT2D eigenvalue weighted by Gasteiger charge is 2.28. The van der Waals surface area contributed by atoms with Gasteiger partial charge in [-0.3, -0.25) is 4.57 Å². The Kier molecular flexibility index (Phi) is 5.06. The van der Waals surface area contributed by atoms with E-state index in [4.69, 9.17) is 14.4 Å². The van der Waals surface area contributed by atoms with Gasteiger partial charge in [0, 0.05) is 48.7 Å². The van der Waals surface area contributed by atoms with Gasteiger partial charge in [-0.05, 0) is 41.1 Å². The van der Waals surface area contributed by atoms with Crippen LogP contribution in [0.5, 0.6) is 0 Å². The third-order valence-electron chi connectivity index (χ3n) is 11.4. The molecule has 244 valence electrons. The zero-order chi connectivity index (χ0) is 34.4. The van der Waals surface area contributed by atoms with Crippen molar-refractivity contribution < 1.29 is 4.42 Å². The van der Waals surface area contributed by atoms with Crippen molar-refractivity contribution in [2.24, 2.45) is 0 Å². The fourth-order valence-corrected chi connectivity index (χ4v) is 9.23. The molecule has 0 bridgehead atoms. The smallest absolute Gasteiger partial charge is 0.165 e.